The SMILES string of the molecule is COc1cc(-c2cccc(C(=O)NCc3ccccn3)c2)ccc1OC(F)(F)F. The van der Waals surface area contributed by atoms with Gasteiger partial charge in [0.1, 0.15) is 0 Å². The van der Waals surface area contributed by atoms with Gasteiger partial charge in [-0.1, -0.05) is 24.3 Å². The molecule has 0 unspecified atom stereocenters. The molecular formula is C21H17F3N2O3. The highest BCUT2D eigenvalue weighted by Gasteiger charge is 2.32. The number of carbonyl (C=O) groups is 1. The Morgan fingerprint density at radius 1 is 1.00 bits per heavy atom. The number of halogens is 3. The van der Waals surface area contributed by atoms with Gasteiger partial charge in [0.05, 0.1) is 19.3 Å². The van der Waals surface area contributed by atoms with Gasteiger partial charge in [0, 0.05) is 11.8 Å². The van der Waals surface area contributed by atoms with Crippen molar-refractivity contribution in [1.82, 2.24) is 10.3 Å². The molecule has 1 aromatic heterocycles. The van der Waals surface area contributed by atoms with E-state index in [-0.39, 0.29) is 18.2 Å². The number of carbonyl (C=O) groups excluding carboxylic acids is 1. The van der Waals surface area contributed by atoms with Crippen LogP contribution in [0.15, 0.2) is 66.9 Å². The number of ether oxygens (including phenoxy) is 2. The van der Waals surface area contributed by atoms with Crippen LogP contribution in [0, 0.1) is 0 Å². The maximum Gasteiger partial charge on any atom is 0.573 e. The van der Waals surface area contributed by atoms with Crippen molar-refractivity contribution in [3.63, 3.8) is 0 Å². The summed E-state index contributed by atoms with van der Waals surface area (Å²) in [6.07, 6.45) is -3.18. The number of alkyl halides is 3. The summed E-state index contributed by atoms with van der Waals surface area (Å²) in [5.41, 5.74) is 2.36. The fourth-order valence-corrected chi connectivity index (χ4v) is 2.67. The molecule has 0 atom stereocenters. The second-order valence-electron chi connectivity index (χ2n) is 6.00. The largest absolute Gasteiger partial charge is 0.573 e. The summed E-state index contributed by atoms with van der Waals surface area (Å²) < 4.78 is 46.4. The molecule has 1 heterocycles. The minimum absolute atomic E-state index is 0.0650. The van der Waals surface area contributed by atoms with Crippen LogP contribution >= 0.6 is 0 Å². The van der Waals surface area contributed by atoms with Gasteiger partial charge in [-0.15, -0.1) is 13.2 Å². The highest BCUT2D eigenvalue weighted by atomic mass is 19.4. The summed E-state index contributed by atoms with van der Waals surface area (Å²) >= 11 is 0. The van der Waals surface area contributed by atoms with Crippen LogP contribution in [0.25, 0.3) is 11.1 Å². The van der Waals surface area contributed by atoms with Gasteiger partial charge in [0.2, 0.25) is 0 Å². The third-order valence-corrected chi connectivity index (χ3v) is 4.00. The van der Waals surface area contributed by atoms with Crippen LogP contribution in [-0.2, 0) is 6.54 Å². The third-order valence-electron chi connectivity index (χ3n) is 4.00. The minimum atomic E-state index is -4.82. The fourth-order valence-electron chi connectivity index (χ4n) is 2.67. The Morgan fingerprint density at radius 3 is 2.48 bits per heavy atom. The molecule has 3 rings (SSSR count). The van der Waals surface area contributed by atoms with E-state index >= 15 is 0 Å². The van der Waals surface area contributed by atoms with Crippen LogP contribution in [-0.4, -0.2) is 24.4 Å². The number of amides is 1. The smallest absolute Gasteiger partial charge is 0.493 e. The average molecular weight is 402 g/mol. The first kappa shape index (κ1) is 20.2. The van der Waals surface area contributed by atoms with Crippen LogP contribution in [0.1, 0.15) is 16.1 Å². The van der Waals surface area contributed by atoms with Crippen LogP contribution in [0.5, 0.6) is 11.5 Å². The van der Waals surface area contributed by atoms with Crippen molar-refractivity contribution < 1.29 is 27.4 Å². The van der Waals surface area contributed by atoms with E-state index in [1.807, 2.05) is 6.07 Å². The van der Waals surface area contributed by atoms with Crippen molar-refractivity contribution in [2.75, 3.05) is 7.11 Å². The highest BCUT2D eigenvalue weighted by molar-refractivity contribution is 5.95. The summed E-state index contributed by atoms with van der Waals surface area (Å²) in [5.74, 6) is -0.792. The van der Waals surface area contributed by atoms with E-state index in [0.29, 0.717) is 16.7 Å². The number of benzene rings is 2. The van der Waals surface area contributed by atoms with Gasteiger partial charge in [-0.25, -0.2) is 0 Å². The van der Waals surface area contributed by atoms with Crippen LogP contribution in [0.4, 0.5) is 13.2 Å². The second-order valence-corrected chi connectivity index (χ2v) is 6.00. The number of nitrogens with zero attached hydrogens (tertiary/aromatic N) is 1. The summed E-state index contributed by atoms with van der Waals surface area (Å²) in [7, 11) is 1.25. The van der Waals surface area contributed by atoms with E-state index in [2.05, 4.69) is 15.0 Å². The molecule has 150 valence electrons. The lowest BCUT2D eigenvalue weighted by atomic mass is 10.0. The summed E-state index contributed by atoms with van der Waals surface area (Å²) in [5, 5.41) is 2.78. The van der Waals surface area contributed by atoms with Gasteiger partial charge in [0.25, 0.3) is 5.91 Å². The van der Waals surface area contributed by atoms with Crippen LogP contribution in [0.3, 0.4) is 0 Å². The first-order chi connectivity index (χ1) is 13.9. The molecule has 8 heteroatoms. The monoisotopic (exact) mass is 402 g/mol. The molecule has 29 heavy (non-hydrogen) atoms. The third kappa shape index (κ3) is 5.47. The summed E-state index contributed by atoms with van der Waals surface area (Å²) in [6.45, 7) is 0.279. The number of hydrogen-bond donors (Lipinski definition) is 1. The normalized spacial score (nSPS) is 11.0. The first-order valence-electron chi connectivity index (χ1n) is 8.58. The molecule has 0 aliphatic heterocycles. The van der Waals surface area contributed by atoms with Crippen LogP contribution < -0.4 is 14.8 Å². The van der Waals surface area contributed by atoms with E-state index in [1.54, 1.807) is 42.6 Å². The van der Waals surface area contributed by atoms with E-state index in [0.717, 1.165) is 5.69 Å². The topological polar surface area (TPSA) is 60.5 Å². The van der Waals surface area contributed by atoms with E-state index in [9.17, 15) is 18.0 Å². The predicted octanol–water partition coefficient (Wildman–Crippen LogP) is 4.59. The van der Waals surface area contributed by atoms with Gasteiger partial charge in [-0.3, -0.25) is 9.78 Å². The Kier molecular flexibility index (Phi) is 6.01. The summed E-state index contributed by atoms with van der Waals surface area (Å²) in [6, 6.07) is 16.2. The molecule has 0 fully saturated rings. The van der Waals surface area contributed by atoms with Gasteiger partial charge in [-0.2, -0.15) is 0 Å². The Morgan fingerprint density at radius 2 is 1.79 bits per heavy atom. The van der Waals surface area contributed by atoms with Gasteiger partial charge >= 0.3 is 6.36 Å². The van der Waals surface area contributed by atoms with Crippen molar-refractivity contribution in [1.29, 1.82) is 0 Å². The maximum atomic E-state index is 12.5. The predicted molar refractivity (Wildman–Crippen MR) is 101 cm³/mol. The molecule has 0 spiro atoms. The van der Waals surface area contributed by atoms with Crippen molar-refractivity contribution in [2.24, 2.45) is 0 Å². The molecule has 0 radical (unpaired) electrons. The van der Waals surface area contributed by atoms with Crippen molar-refractivity contribution >= 4 is 5.91 Å². The lowest BCUT2D eigenvalue weighted by molar-refractivity contribution is -0.275. The lowest BCUT2D eigenvalue weighted by Crippen LogP contribution is -2.23. The standard InChI is InChI=1S/C21H17F3N2O3/c1-28-19-12-15(8-9-18(19)29-21(22,23)24)14-5-4-6-16(11-14)20(27)26-13-17-7-2-3-10-25-17/h2-12H,13H2,1H3,(H,26,27). The van der Waals surface area contributed by atoms with E-state index < -0.39 is 12.1 Å². The van der Waals surface area contributed by atoms with Gasteiger partial charge in [-0.05, 0) is 47.5 Å². The first-order valence-corrected chi connectivity index (χ1v) is 8.58. The van der Waals surface area contributed by atoms with Crippen molar-refractivity contribution in [2.45, 2.75) is 12.9 Å². The number of hydrogen-bond acceptors (Lipinski definition) is 4. The molecule has 0 aliphatic rings. The molecule has 0 bridgehead atoms. The molecule has 1 N–H and O–H groups in total. The Balaban J connectivity index is 1.79. The number of aromatic nitrogens is 1. The molecular weight excluding hydrogens is 385 g/mol. The van der Waals surface area contributed by atoms with E-state index in [4.69, 9.17) is 4.74 Å². The molecule has 0 saturated heterocycles. The lowest BCUT2D eigenvalue weighted by Gasteiger charge is -2.14. The van der Waals surface area contributed by atoms with E-state index in [1.165, 1.54) is 25.3 Å². The number of methoxy groups -OCH3 is 1. The van der Waals surface area contributed by atoms with Crippen LogP contribution in [0.2, 0.25) is 0 Å². The molecule has 2 aromatic carbocycles. The van der Waals surface area contributed by atoms with Crippen molar-refractivity contribution in [3.05, 3.63) is 78.1 Å². The Bertz CT molecular complexity index is 992. The minimum Gasteiger partial charge on any atom is -0.493 e. The molecule has 3 aromatic rings. The number of pyridine rings is 1. The second kappa shape index (κ2) is 8.64. The Labute approximate surface area is 165 Å². The molecule has 0 saturated carbocycles. The zero-order valence-electron chi connectivity index (χ0n) is 15.4. The maximum absolute atomic E-state index is 12.5. The fraction of sp³-hybridized carbons (Fsp3) is 0.143. The summed E-state index contributed by atoms with van der Waals surface area (Å²) in [4.78, 5) is 16.6. The molecule has 1 amide bonds. The number of nitrogens with one attached hydrogen (secondary N) is 1. The number of rotatable bonds is 6. The zero-order valence-corrected chi connectivity index (χ0v) is 15.4. The molecule has 5 nitrogen and oxygen atoms in total. The average Bonchev–Trinajstić information content (AvgIpc) is 2.72. The zero-order chi connectivity index (χ0) is 20.9. The van der Waals surface area contributed by atoms with Gasteiger partial charge < -0.3 is 14.8 Å². The Hall–Kier alpha value is -3.55. The molecule has 0 aliphatic carbocycles. The van der Waals surface area contributed by atoms with Gasteiger partial charge in [0.15, 0.2) is 11.5 Å². The highest BCUT2D eigenvalue weighted by Crippen LogP contribution is 2.35. The van der Waals surface area contributed by atoms with Crippen molar-refractivity contribution in [3.8, 4) is 22.6 Å². The quantitative estimate of drug-likeness (QED) is 0.655.